The largest absolute Gasteiger partial charge is 0.492 e. The van der Waals surface area contributed by atoms with Crippen molar-refractivity contribution in [3.8, 4) is 5.75 Å². The van der Waals surface area contributed by atoms with E-state index in [1.165, 1.54) is 12.1 Å². The van der Waals surface area contributed by atoms with Crippen LogP contribution in [0.4, 0.5) is 10.1 Å². The van der Waals surface area contributed by atoms with Gasteiger partial charge in [0.1, 0.15) is 18.2 Å². The van der Waals surface area contributed by atoms with Gasteiger partial charge in [-0.05, 0) is 54.4 Å². The fraction of sp³-hybridized carbons (Fsp3) is 0.350. The van der Waals surface area contributed by atoms with Crippen molar-refractivity contribution in [2.24, 2.45) is 5.92 Å². The van der Waals surface area contributed by atoms with Crippen molar-refractivity contribution < 1.29 is 13.9 Å². The summed E-state index contributed by atoms with van der Waals surface area (Å²) >= 11 is 6.06. The number of piperazine rings is 1. The van der Waals surface area contributed by atoms with Gasteiger partial charge in [0.2, 0.25) is 5.91 Å². The summed E-state index contributed by atoms with van der Waals surface area (Å²) in [5, 5.41) is 0.661. The van der Waals surface area contributed by atoms with Crippen LogP contribution < -0.4 is 9.64 Å². The number of amides is 1. The lowest BCUT2D eigenvalue weighted by atomic mass is 9.95. The van der Waals surface area contributed by atoms with E-state index in [-0.39, 0.29) is 17.6 Å². The Morgan fingerprint density at radius 2 is 1.81 bits per heavy atom. The monoisotopic (exact) mass is 374 g/mol. The summed E-state index contributed by atoms with van der Waals surface area (Å²) in [5.74, 6) is 0.549. The topological polar surface area (TPSA) is 32.8 Å². The predicted molar refractivity (Wildman–Crippen MR) is 99.3 cm³/mol. The molecule has 2 aliphatic rings. The molecule has 1 saturated heterocycles. The van der Waals surface area contributed by atoms with Crippen LogP contribution >= 0.6 is 11.6 Å². The second-order valence-corrected chi connectivity index (χ2v) is 7.19. The minimum atomic E-state index is -0.236. The molecule has 1 fully saturated rings. The van der Waals surface area contributed by atoms with E-state index in [4.69, 9.17) is 16.3 Å². The zero-order valence-electron chi connectivity index (χ0n) is 14.3. The van der Waals surface area contributed by atoms with Gasteiger partial charge in [-0.25, -0.2) is 4.39 Å². The molecule has 0 N–H and O–H groups in total. The highest BCUT2D eigenvalue weighted by Gasteiger charge is 2.31. The van der Waals surface area contributed by atoms with E-state index in [2.05, 4.69) is 4.90 Å². The summed E-state index contributed by atoms with van der Waals surface area (Å²) in [6.07, 6.45) is 0.660. The summed E-state index contributed by atoms with van der Waals surface area (Å²) in [6, 6.07) is 12.0. The molecule has 4 nitrogen and oxygen atoms in total. The van der Waals surface area contributed by atoms with E-state index in [9.17, 15) is 9.18 Å². The molecule has 136 valence electrons. The van der Waals surface area contributed by atoms with Crippen LogP contribution in [0.5, 0.6) is 5.75 Å². The number of carbonyl (C=O) groups excluding carboxylic acids is 1. The molecule has 0 saturated carbocycles. The zero-order valence-corrected chi connectivity index (χ0v) is 15.1. The second kappa shape index (κ2) is 7.16. The standard InChI is InChI=1S/C20H20ClFN2O2/c21-16-1-6-19-14(12-16)11-15(13-26-19)20(25)24-9-7-23(8-10-24)18-4-2-17(22)3-5-18/h1-6,12,15H,7-11,13H2. The fourth-order valence-electron chi connectivity index (χ4n) is 3.62. The van der Waals surface area contributed by atoms with Crippen molar-refractivity contribution in [2.45, 2.75) is 6.42 Å². The first-order valence-corrected chi connectivity index (χ1v) is 9.18. The van der Waals surface area contributed by atoms with Crippen LogP contribution in [0.2, 0.25) is 5.02 Å². The summed E-state index contributed by atoms with van der Waals surface area (Å²) in [4.78, 5) is 17.0. The summed E-state index contributed by atoms with van der Waals surface area (Å²) in [7, 11) is 0. The molecule has 1 unspecified atom stereocenters. The molecular weight excluding hydrogens is 355 g/mol. The van der Waals surface area contributed by atoms with Gasteiger partial charge in [-0.15, -0.1) is 0 Å². The number of ether oxygens (including phenoxy) is 1. The molecule has 0 spiro atoms. The van der Waals surface area contributed by atoms with Crippen LogP contribution in [0.1, 0.15) is 5.56 Å². The molecule has 6 heteroatoms. The third-order valence-corrected chi connectivity index (χ3v) is 5.30. The first-order valence-electron chi connectivity index (χ1n) is 8.81. The minimum absolute atomic E-state index is 0.134. The lowest BCUT2D eigenvalue weighted by Crippen LogP contribution is -2.51. The average molecular weight is 375 g/mol. The number of carbonyl (C=O) groups is 1. The smallest absolute Gasteiger partial charge is 0.229 e. The van der Waals surface area contributed by atoms with Gasteiger partial charge in [0, 0.05) is 36.9 Å². The molecule has 1 amide bonds. The Kier molecular flexibility index (Phi) is 4.72. The molecule has 2 aromatic rings. The maximum absolute atomic E-state index is 13.1. The van der Waals surface area contributed by atoms with Gasteiger partial charge in [0.15, 0.2) is 0 Å². The fourth-order valence-corrected chi connectivity index (χ4v) is 3.81. The first kappa shape index (κ1) is 17.2. The van der Waals surface area contributed by atoms with E-state index < -0.39 is 0 Å². The predicted octanol–water partition coefficient (Wildman–Crippen LogP) is 3.38. The van der Waals surface area contributed by atoms with Gasteiger partial charge >= 0.3 is 0 Å². The van der Waals surface area contributed by atoms with Crippen LogP contribution in [0.15, 0.2) is 42.5 Å². The Labute approximate surface area is 157 Å². The van der Waals surface area contributed by atoms with Crippen molar-refractivity contribution in [3.05, 3.63) is 58.9 Å². The number of benzene rings is 2. The summed E-state index contributed by atoms with van der Waals surface area (Å²) in [6.45, 7) is 3.22. The number of halogens is 2. The molecule has 0 aliphatic carbocycles. The van der Waals surface area contributed by atoms with E-state index in [1.54, 1.807) is 18.2 Å². The van der Waals surface area contributed by atoms with Crippen molar-refractivity contribution in [1.82, 2.24) is 4.90 Å². The molecule has 4 rings (SSSR count). The van der Waals surface area contributed by atoms with E-state index in [0.717, 1.165) is 30.1 Å². The summed E-state index contributed by atoms with van der Waals surface area (Å²) < 4.78 is 18.8. The lowest BCUT2D eigenvalue weighted by Gasteiger charge is -2.38. The van der Waals surface area contributed by atoms with Crippen LogP contribution in [-0.2, 0) is 11.2 Å². The molecule has 1 atom stereocenters. The molecule has 0 bridgehead atoms. The number of rotatable bonds is 2. The molecule has 26 heavy (non-hydrogen) atoms. The highest BCUT2D eigenvalue weighted by molar-refractivity contribution is 6.30. The van der Waals surface area contributed by atoms with E-state index >= 15 is 0 Å². The number of anilines is 1. The number of hydrogen-bond acceptors (Lipinski definition) is 3. The zero-order chi connectivity index (χ0) is 18.1. The Hall–Kier alpha value is -2.27. The number of nitrogens with zero attached hydrogens (tertiary/aromatic N) is 2. The third-order valence-electron chi connectivity index (χ3n) is 5.06. The second-order valence-electron chi connectivity index (χ2n) is 6.75. The van der Waals surface area contributed by atoms with Gasteiger partial charge in [-0.1, -0.05) is 11.6 Å². The minimum Gasteiger partial charge on any atom is -0.492 e. The van der Waals surface area contributed by atoms with Gasteiger partial charge < -0.3 is 14.5 Å². The van der Waals surface area contributed by atoms with E-state index in [0.29, 0.717) is 31.1 Å². The molecule has 2 heterocycles. The van der Waals surface area contributed by atoms with Crippen molar-refractivity contribution in [2.75, 3.05) is 37.7 Å². The Balaban J connectivity index is 1.37. The molecule has 2 aromatic carbocycles. The molecule has 0 aromatic heterocycles. The third kappa shape index (κ3) is 3.49. The van der Waals surface area contributed by atoms with Crippen LogP contribution in [0.25, 0.3) is 0 Å². The average Bonchev–Trinajstić information content (AvgIpc) is 2.67. The highest BCUT2D eigenvalue weighted by atomic mass is 35.5. The quantitative estimate of drug-likeness (QED) is 0.808. The van der Waals surface area contributed by atoms with Gasteiger partial charge in [-0.2, -0.15) is 0 Å². The highest BCUT2D eigenvalue weighted by Crippen LogP contribution is 2.30. The molecule has 2 aliphatic heterocycles. The number of fused-ring (bicyclic) bond motifs is 1. The maximum atomic E-state index is 13.1. The summed E-state index contributed by atoms with van der Waals surface area (Å²) in [5.41, 5.74) is 1.98. The first-order chi connectivity index (χ1) is 12.6. The SMILES string of the molecule is O=C(C1COc2ccc(Cl)cc2C1)N1CCN(c2ccc(F)cc2)CC1. The van der Waals surface area contributed by atoms with Crippen molar-refractivity contribution >= 4 is 23.2 Å². The maximum Gasteiger partial charge on any atom is 0.229 e. The van der Waals surface area contributed by atoms with Gasteiger partial charge in [0.05, 0.1) is 5.92 Å². The van der Waals surface area contributed by atoms with Crippen LogP contribution in [0, 0.1) is 11.7 Å². The van der Waals surface area contributed by atoms with Crippen molar-refractivity contribution in [1.29, 1.82) is 0 Å². The van der Waals surface area contributed by atoms with Gasteiger partial charge in [0.25, 0.3) is 0 Å². The Bertz CT molecular complexity index is 804. The van der Waals surface area contributed by atoms with E-state index in [1.807, 2.05) is 17.0 Å². The number of hydrogen-bond donors (Lipinski definition) is 0. The lowest BCUT2D eigenvalue weighted by molar-refractivity contribution is -0.137. The molecular formula is C20H20ClFN2O2. The van der Waals surface area contributed by atoms with Crippen LogP contribution in [-0.4, -0.2) is 43.6 Å². The molecule has 0 radical (unpaired) electrons. The Morgan fingerprint density at radius 3 is 2.54 bits per heavy atom. The Morgan fingerprint density at radius 1 is 1.08 bits per heavy atom. The van der Waals surface area contributed by atoms with Gasteiger partial charge in [-0.3, -0.25) is 4.79 Å². The normalized spacial score (nSPS) is 19.7. The van der Waals surface area contributed by atoms with Crippen molar-refractivity contribution in [3.63, 3.8) is 0 Å². The van der Waals surface area contributed by atoms with Crippen LogP contribution in [0.3, 0.4) is 0 Å².